The minimum absolute atomic E-state index is 0.196. The van der Waals surface area contributed by atoms with E-state index in [0.29, 0.717) is 17.3 Å². The summed E-state index contributed by atoms with van der Waals surface area (Å²) in [7, 11) is 0. The number of carbonyl (C=O) groups is 1. The fraction of sp³-hybridized carbons (Fsp3) is 0.273. The van der Waals surface area contributed by atoms with Crippen molar-refractivity contribution in [3.05, 3.63) is 29.0 Å². The Morgan fingerprint density at radius 3 is 3.00 bits per heavy atom. The molecular formula is C11H11ClN2O. The van der Waals surface area contributed by atoms with E-state index >= 15 is 0 Å². The summed E-state index contributed by atoms with van der Waals surface area (Å²) >= 11 is 5.76. The fourth-order valence-corrected chi connectivity index (χ4v) is 1.28. The Morgan fingerprint density at radius 1 is 1.73 bits per heavy atom. The molecule has 0 N–H and O–H groups in total. The Kier molecular flexibility index (Phi) is 4.14. The van der Waals surface area contributed by atoms with Crippen LogP contribution in [0, 0.1) is 12.3 Å². The van der Waals surface area contributed by atoms with Crippen LogP contribution in [0.2, 0.25) is 5.02 Å². The molecule has 0 saturated carbocycles. The number of terminal acetylenes is 1. The Balaban J connectivity index is 2.88. The molecule has 0 atom stereocenters. The van der Waals surface area contributed by atoms with Gasteiger partial charge in [0.15, 0.2) is 0 Å². The first-order valence-electron chi connectivity index (χ1n) is 4.53. The molecule has 0 aliphatic heterocycles. The third kappa shape index (κ3) is 2.97. The zero-order chi connectivity index (χ0) is 11.3. The summed E-state index contributed by atoms with van der Waals surface area (Å²) in [5, 5.41) is 0.491. The van der Waals surface area contributed by atoms with Crippen molar-refractivity contribution >= 4 is 17.5 Å². The van der Waals surface area contributed by atoms with Crippen LogP contribution < -0.4 is 0 Å². The Bertz CT molecular complexity index is 398. The topological polar surface area (TPSA) is 33.2 Å². The quantitative estimate of drug-likeness (QED) is 0.732. The van der Waals surface area contributed by atoms with Crippen LogP contribution in [0.25, 0.3) is 0 Å². The van der Waals surface area contributed by atoms with Crippen LogP contribution >= 0.6 is 11.6 Å². The standard InChI is InChI=1S/C11H11ClN2O/c1-3-7-14(4-2)11(15)10-8-9(12)5-6-13-10/h1,5-6,8H,4,7H2,2H3. The highest BCUT2D eigenvalue weighted by molar-refractivity contribution is 6.30. The number of hydrogen-bond donors (Lipinski definition) is 0. The average molecular weight is 223 g/mol. The zero-order valence-electron chi connectivity index (χ0n) is 8.40. The maximum Gasteiger partial charge on any atom is 0.273 e. The van der Waals surface area contributed by atoms with Crippen LogP contribution in [0.3, 0.4) is 0 Å². The zero-order valence-corrected chi connectivity index (χ0v) is 9.16. The van der Waals surface area contributed by atoms with E-state index in [4.69, 9.17) is 18.0 Å². The van der Waals surface area contributed by atoms with Gasteiger partial charge in [-0.3, -0.25) is 9.78 Å². The van der Waals surface area contributed by atoms with Crippen LogP contribution in [0.4, 0.5) is 0 Å². The van der Waals surface area contributed by atoms with E-state index < -0.39 is 0 Å². The molecule has 0 spiro atoms. The number of aromatic nitrogens is 1. The number of pyridine rings is 1. The fourth-order valence-electron chi connectivity index (χ4n) is 1.12. The molecular weight excluding hydrogens is 212 g/mol. The second-order valence-electron chi connectivity index (χ2n) is 2.88. The molecule has 0 saturated heterocycles. The van der Waals surface area contributed by atoms with Crippen LogP contribution in [0.1, 0.15) is 17.4 Å². The smallest absolute Gasteiger partial charge is 0.273 e. The van der Waals surface area contributed by atoms with Gasteiger partial charge < -0.3 is 4.90 Å². The maximum atomic E-state index is 11.8. The highest BCUT2D eigenvalue weighted by Gasteiger charge is 2.14. The lowest BCUT2D eigenvalue weighted by Crippen LogP contribution is -2.31. The van der Waals surface area contributed by atoms with Crippen molar-refractivity contribution in [3.63, 3.8) is 0 Å². The number of rotatable bonds is 3. The van der Waals surface area contributed by atoms with Crippen molar-refractivity contribution in [2.75, 3.05) is 13.1 Å². The van der Waals surface area contributed by atoms with Crippen LogP contribution in [0.15, 0.2) is 18.3 Å². The van der Waals surface area contributed by atoms with E-state index in [9.17, 15) is 4.79 Å². The van der Waals surface area contributed by atoms with Crippen molar-refractivity contribution in [2.24, 2.45) is 0 Å². The summed E-state index contributed by atoms with van der Waals surface area (Å²) in [6.45, 7) is 2.69. The number of halogens is 1. The molecule has 0 aliphatic rings. The molecule has 0 unspecified atom stereocenters. The summed E-state index contributed by atoms with van der Waals surface area (Å²) in [6, 6.07) is 3.15. The predicted octanol–water partition coefficient (Wildman–Crippen LogP) is 1.83. The molecule has 3 nitrogen and oxygen atoms in total. The van der Waals surface area contributed by atoms with E-state index in [1.807, 2.05) is 6.92 Å². The molecule has 0 fully saturated rings. The SMILES string of the molecule is C#CCN(CC)C(=O)c1cc(Cl)ccn1. The van der Waals surface area contributed by atoms with Gasteiger partial charge in [0, 0.05) is 17.8 Å². The molecule has 1 amide bonds. The lowest BCUT2D eigenvalue weighted by Gasteiger charge is -2.17. The van der Waals surface area contributed by atoms with Gasteiger partial charge in [-0.05, 0) is 19.1 Å². The second-order valence-corrected chi connectivity index (χ2v) is 3.32. The highest BCUT2D eigenvalue weighted by atomic mass is 35.5. The lowest BCUT2D eigenvalue weighted by molar-refractivity contribution is 0.0779. The molecule has 1 heterocycles. The molecule has 0 bridgehead atoms. The molecule has 78 valence electrons. The van der Waals surface area contributed by atoms with Gasteiger partial charge in [-0.2, -0.15) is 0 Å². The summed E-state index contributed by atoms with van der Waals surface area (Å²) in [6.07, 6.45) is 6.66. The Labute approximate surface area is 94.1 Å². The third-order valence-corrected chi connectivity index (χ3v) is 2.13. The van der Waals surface area contributed by atoms with Crippen LogP contribution in [-0.2, 0) is 0 Å². The largest absolute Gasteiger partial charge is 0.326 e. The molecule has 0 aliphatic carbocycles. The molecule has 15 heavy (non-hydrogen) atoms. The van der Waals surface area contributed by atoms with Crippen molar-refractivity contribution < 1.29 is 4.79 Å². The Morgan fingerprint density at radius 2 is 2.47 bits per heavy atom. The van der Waals surface area contributed by atoms with Gasteiger partial charge in [0.05, 0.1) is 6.54 Å². The van der Waals surface area contributed by atoms with Crippen molar-refractivity contribution in [1.82, 2.24) is 9.88 Å². The van der Waals surface area contributed by atoms with E-state index in [1.54, 1.807) is 6.07 Å². The van der Waals surface area contributed by atoms with Gasteiger partial charge in [0.2, 0.25) is 0 Å². The molecule has 1 aromatic heterocycles. The number of amides is 1. The summed E-state index contributed by atoms with van der Waals surface area (Å²) in [5.74, 6) is 2.23. The number of nitrogens with zero attached hydrogens (tertiary/aromatic N) is 2. The van der Waals surface area contributed by atoms with Crippen LogP contribution in [-0.4, -0.2) is 28.9 Å². The number of carbonyl (C=O) groups excluding carboxylic acids is 1. The first-order valence-corrected chi connectivity index (χ1v) is 4.91. The summed E-state index contributed by atoms with van der Waals surface area (Å²) in [5.41, 5.74) is 0.319. The molecule has 0 radical (unpaired) electrons. The van der Waals surface area contributed by atoms with Crippen LogP contribution in [0.5, 0.6) is 0 Å². The molecule has 0 aromatic carbocycles. The molecule has 1 aromatic rings. The van der Waals surface area contributed by atoms with E-state index in [1.165, 1.54) is 17.2 Å². The van der Waals surface area contributed by atoms with Gasteiger partial charge in [0.1, 0.15) is 5.69 Å². The van der Waals surface area contributed by atoms with E-state index in [0.717, 1.165) is 0 Å². The highest BCUT2D eigenvalue weighted by Crippen LogP contribution is 2.09. The Hall–Kier alpha value is -1.53. The third-order valence-electron chi connectivity index (χ3n) is 1.89. The molecule has 1 rings (SSSR count). The normalized spacial score (nSPS) is 9.40. The van der Waals surface area contributed by atoms with Gasteiger partial charge in [-0.25, -0.2) is 0 Å². The maximum absolute atomic E-state index is 11.8. The minimum atomic E-state index is -0.196. The van der Waals surface area contributed by atoms with Gasteiger partial charge in [-0.1, -0.05) is 17.5 Å². The van der Waals surface area contributed by atoms with Crippen molar-refractivity contribution in [2.45, 2.75) is 6.92 Å². The second kappa shape index (κ2) is 5.38. The van der Waals surface area contributed by atoms with Crippen molar-refractivity contribution in [3.8, 4) is 12.3 Å². The number of hydrogen-bond acceptors (Lipinski definition) is 2. The molecule has 4 heteroatoms. The summed E-state index contributed by atoms with van der Waals surface area (Å²) < 4.78 is 0. The average Bonchev–Trinajstić information content (AvgIpc) is 2.25. The van der Waals surface area contributed by atoms with Gasteiger partial charge in [-0.15, -0.1) is 6.42 Å². The lowest BCUT2D eigenvalue weighted by atomic mass is 10.3. The minimum Gasteiger partial charge on any atom is -0.326 e. The van der Waals surface area contributed by atoms with Crippen molar-refractivity contribution in [1.29, 1.82) is 0 Å². The monoisotopic (exact) mass is 222 g/mol. The predicted molar refractivity (Wildman–Crippen MR) is 59.7 cm³/mol. The van der Waals surface area contributed by atoms with E-state index in [-0.39, 0.29) is 12.5 Å². The van der Waals surface area contributed by atoms with Gasteiger partial charge in [0.25, 0.3) is 5.91 Å². The van der Waals surface area contributed by atoms with Gasteiger partial charge >= 0.3 is 0 Å². The van der Waals surface area contributed by atoms with E-state index in [2.05, 4.69) is 10.9 Å². The first kappa shape index (κ1) is 11.5. The first-order chi connectivity index (χ1) is 7.19. The summed E-state index contributed by atoms with van der Waals surface area (Å²) in [4.78, 5) is 17.3.